The molecule has 1 aliphatic carbocycles. The van der Waals surface area contributed by atoms with Gasteiger partial charge in [-0.2, -0.15) is 0 Å². The van der Waals surface area contributed by atoms with Gasteiger partial charge in [-0.3, -0.25) is 0 Å². The fourth-order valence-corrected chi connectivity index (χ4v) is 2.21. The Hall–Kier alpha value is 0. The molecule has 0 aromatic heterocycles. The van der Waals surface area contributed by atoms with Gasteiger partial charge in [0.1, 0.15) is 0 Å². The van der Waals surface area contributed by atoms with E-state index in [1.165, 1.54) is 38.5 Å². The molecule has 3 atom stereocenters. The van der Waals surface area contributed by atoms with E-state index in [9.17, 15) is 0 Å². The van der Waals surface area contributed by atoms with Gasteiger partial charge in [-0.05, 0) is 30.1 Å². The monoisotopic (exact) mass is 182 g/mol. The molecule has 0 amide bonds. The van der Waals surface area contributed by atoms with E-state index in [1.807, 2.05) is 0 Å². The highest BCUT2D eigenvalue weighted by atomic mass is 14.5. The summed E-state index contributed by atoms with van der Waals surface area (Å²) in [6, 6.07) is 0. The van der Waals surface area contributed by atoms with Gasteiger partial charge in [0.15, 0.2) is 0 Å². The minimum absolute atomic E-state index is 0.745. The minimum atomic E-state index is 0.745. The van der Waals surface area contributed by atoms with E-state index >= 15 is 0 Å². The molecule has 0 aromatic rings. The van der Waals surface area contributed by atoms with Crippen LogP contribution in [0, 0.1) is 17.3 Å². The van der Waals surface area contributed by atoms with Gasteiger partial charge in [0.25, 0.3) is 0 Å². The van der Waals surface area contributed by atoms with E-state index in [0.29, 0.717) is 0 Å². The number of rotatable bonds is 6. The topological polar surface area (TPSA) is 0 Å². The SMILES string of the molecule is CCC(C)CCCCC1(C)CC1C. The molecule has 0 heterocycles. The highest BCUT2D eigenvalue weighted by Gasteiger charge is 2.45. The van der Waals surface area contributed by atoms with Crippen molar-refractivity contribution in [3.8, 4) is 0 Å². The van der Waals surface area contributed by atoms with Crippen LogP contribution in [0.15, 0.2) is 0 Å². The molecule has 0 aromatic carbocycles. The van der Waals surface area contributed by atoms with Gasteiger partial charge in [-0.15, -0.1) is 0 Å². The predicted octanol–water partition coefficient (Wildman–Crippen LogP) is 4.64. The molecule has 3 unspecified atom stereocenters. The Kier molecular flexibility index (Phi) is 3.82. The van der Waals surface area contributed by atoms with Crippen molar-refractivity contribution in [2.24, 2.45) is 17.3 Å². The highest BCUT2D eigenvalue weighted by Crippen LogP contribution is 2.55. The lowest BCUT2D eigenvalue weighted by Gasteiger charge is -2.11. The summed E-state index contributed by atoms with van der Waals surface area (Å²) in [5.74, 6) is 1.96. The third-order valence-corrected chi connectivity index (χ3v) is 4.19. The summed E-state index contributed by atoms with van der Waals surface area (Å²) in [5.41, 5.74) is 0.745. The average Bonchev–Trinajstić information content (AvgIpc) is 2.69. The Balaban J connectivity index is 1.96. The fourth-order valence-electron chi connectivity index (χ4n) is 2.21. The van der Waals surface area contributed by atoms with Gasteiger partial charge < -0.3 is 0 Å². The Morgan fingerprint density at radius 3 is 2.46 bits per heavy atom. The molecule has 0 nitrogen and oxygen atoms in total. The minimum Gasteiger partial charge on any atom is -0.0651 e. The van der Waals surface area contributed by atoms with E-state index < -0.39 is 0 Å². The summed E-state index contributed by atoms with van der Waals surface area (Å²) in [6.07, 6.45) is 8.68. The summed E-state index contributed by atoms with van der Waals surface area (Å²) < 4.78 is 0. The number of hydrogen-bond donors (Lipinski definition) is 0. The second-order valence-corrected chi connectivity index (χ2v) is 5.52. The maximum atomic E-state index is 2.46. The summed E-state index contributed by atoms with van der Waals surface area (Å²) in [4.78, 5) is 0. The van der Waals surface area contributed by atoms with Crippen molar-refractivity contribution in [3.63, 3.8) is 0 Å². The Bertz CT molecular complexity index is 150. The highest BCUT2D eigenvalue weighted by molar-refractivity contribution is 4.95. The second kappa shape index (κ2) is 4.48. The first-order valence-electron chi connectivity index (χ1n) is 6.08. The van der Waals surface area contributed by atoms with E-state index in [2.05, 4.69) is 27.7 Å². The van der Waals surface area contributed by atoms with Crippen LogP contribution in [0.3, 0.4) is 0 Å². The van der Waals surface area contributed by atoms with Crippen molar-refractivity contribution >= 4 is 0 Å². The summed E-state index contributed by atoms with van der Waals surface area (Å²) in [5, 5.41) is 0. The maximum absolute atomic E-state index is 2.46. The smallest absolute Gasteiger partial charge is 0.0297 e. The average molecular weight is 182 g/mol. The number of hydrogen-bond acceptors (Lipinski definition) is 0. The molecule has 0 bridgehead atoms. The third-order valence-electron chi connectivity index (χ3n) is 4.19. The zero-order valence-electron chi connectivity index (χ0n) is 9.90. The Morgan fingerprint density at radius 2 is 2.00 bits per heavy atom. The van der Waals surface area contributed by atoms with Gasteiger partial charge in [0.2, 0.25) is 0 Å². The predicted molar refractivity (Wildman–Crippen MR) is 59.8 cm³/mol. The van der Waals surface area contributed by atoms with Crippen LogP contribution in [-0.4, -0.2) is 0 Å². The van der Waals surface area contributed by atoms with Crippen LogP contribution < -0.4 is 0 Å². The molecule has 1 fully saturated rings. The van der Waals surface area contributed by atoms with Gasteiger partial charge in [0.05, 0.1) is 0 Å². The fraction of sp³-hybridized carbons (Fsp3) is 1.00. The van der Waals surface area contributed by atoms with Crippen LogP contribution in [-0.2, 0) is 0 Å². The molecular weight excluding hydrogens is 156 g/mol. The van der Waals surface area contributed by atoms with Crippen LogP contribution in [0.2, 0.25) is 0 Å². The normalized spacial score (nSPS) is 34.6. The first kappa shape index (κ1) is 11.1. The molecule has 0 radical (unpaired) electrons. The van der Waals surface area contributed by atoms with Crippen LogP contribution in [0.5, 0.6) is 0 Å². The Morgan fingerprint density at radius 1 is 1.38 bits per heavy atom. The summed E-state index contributed by atoms with van der Waals surface area (Å²) >= 11 is 0. The maximum Gasteiger partial charge on any atom is -0.0297 e. The van der Waals surface area contributed by atoms with Crippen molar-refractivity contribution in [2.45, 2.75) is 66.2 Å². The lowest BCUT2D eigenvalue weighted by atomic mass is 9.95. The van der Waals surface area contributed by atoms with Crippen molar-refractivity contribution < 1.29 is 0 Å². The van der Waals surface area contributed by atoms with Crippen molar-refractivity contribution in [3.05, 3.63) is 0 Å². The van der Waals surface area contributed by atoms with Crippen LogP contribution in [0.1, 0.15) is 66.2 Å². The molecule has 1 aliphatic rings. The van der Waals surface area contributed by atoms with Crippen LogP contribution >= 0.6 is 0 Å². The van der Waals surface area contributed by atoms with Gasteiger partial charge in [-0.25, -0.2) is 0 Å². The molecular formula is C13H26. The first-order chi connectivity index (χ1) is 6.08. The van der Waals surface area contributed by atoms with E-state index in [4.69, 9.17) is 0 Å². The number of unbranched alkanes of at least 4 members (excludes halogenated alkanes) is 1. The quantitative estimate of drug-likeness (QED) is 0.525. The van der Waals surface area contributed by atoms with Crippen molar-refractivity contribution in [2.75, 3.05) is 0 Å². The van der Waals surface area contributed by atoms with Crippen molar-refractivity contribution in [1.29, 1.82) is 0 Å². The summed E-state index contributed by atoms with van der Waals surface area (Å²) in [7, 11) is 0. The van der Waals surface area contributed by atoms with Gasteiger partial charge in [0, 0.05) is 0 Å². The van der Waals surface area contributed by atoms with Gasteiger partial charge in [-0.1, -0.05) is 53.4 Å². The molecule has 1 rings (SSSR count). The van der Waals surface area contributed by atoms with E-state index in [-0.39, 0.29) is 0 Å². The molecule has 0 spiro atoms. The first-order valence-corrected chi connectivity index (χ1v) is 6.08. The van der Waals surface area contributed by atoms with Gasteiger partial charge >= 0.3 is 0 Å². The van der Waals surface area contributed by atoms with E-state index in [1.54, 1.807) is 0 Å². The van der Waals surface area contributed by atoms with E-state index in [0.717, 1.165) is 17.3 Å². The molecule has 0 saturated heterocycles. The van der Waals surface area contributed by atoms with Crippen LogP contribution in [0.4, 0.5) is 0 Å². The molecule has 1 saturated carbocycles. The van der Waals surface area contributed by atoms with Crippen LogP contribution in [0.25, 0.3) is 0 Å². The summed E-state index contributed by atoms with van der Waals surface area (Å²) in [6.45, 7) is 9.53. The molecule has 78 valence electrons. The molecule has 0 heteroatoms. The molecule has 13 heavy (non-hydrogen) atoms. The Labute approximate surface area is 84.1 Å². The lowest BCUT2D eigenvalue weighted by molar-refractivity contribution is 0.414. The standard InChI is InChI=1S/C13H26/c1-5-11(2)8-6-7-9-13(4)10-12(13)3/h11-12H,5-10H2,1-4H3. The largest absolute Gasteiger partial charge is 0.0651 e. The second-order valence-electron chi connectivity index (χ2n) is 5.52. The zero-order chi connectivity index (χ0) is 9.90. The lowest BCUT2D eigenvalue weighted by Crippen LogP contribution is -1.98. The van der Waals surface area contributed by atoms with Crippen molar-refractivity contribution in [1.82, 2.24) is 0 Å². The molecule has 0 aliphatic heterocycles. The molecule has 0 N–H and O–H groups in total. The zero-order valence-corrected chi connectivity index (χ0v) is 9.90. The third kappa shape index (κ3) is 3.32.